The molecule has 0 amide bonds. The summed E-state index contributed by atoms with van der Waals surface area (Å²) in [5.41, 5.74) is 9.70. The van der Waals surface area contributed by atoms with Crippen molar-refractivity contribution in [2.24, 2.45) is 0 Å². The normalized spacial score (nSPS) is 10.9. The summed E-state index contributed by atoms with van der Waals surface area (Å²) < 4.78 is 1.72. The summed E-state index contributed by atoms with van der Waals surface area (Å²) >= 11 is 0. The molecule has 1 aromatic carbocycles. The molecule has 0 bridgehead atoms. The largest absolute Gasteiger partial charge is 0.396 e. The van der Waals surface area contributed by atoms with Crippen LogP contribution in [0.3, 0.4) is 0 Å². The summed E-state index contributed by atoms with van der Waals surface area (Å²) in [7, 11) is 0. The second-order valence-corrected chi connectivity index (χ2v) is 4.43. The Morgan fingerprint density at radius 1 is 1.22 bits per heavy atom. The molecule has 0 radical (unpaired) electrons. The van der Waals surface area contributed by atoms with Crippen molar-refractivity contribution in [3.63, 3.8) is 0 Å². The van der Waals surface area contributed by atoms with Gasteiger partial charge >= 0.3 is 0 Å². The lowest BCUT2D eigenvalue weighted by atomic mass is 10.1. The third-order valence-corrected chi connectivity index (χ3v) is 2.88. The topological polar surface area (TPSA) is 56.2 Å². The number of aryl methyl sites for hydroxylation is 1. The number of nitrogens with two attached hydrogens (primary N) is 1. The summed E-state index contributed by atoms with van der Waals surface area (Å²) in [4.78, 5) is 4.46. The summed E-state index contributed by atoms with van der Waals surface area (Å²) in [5.74, 6) is 0.790. The Morgan fingerprint density at radius 2 is 2.11 bits per heavy atom. The molecule has 0 saturated heterocycles. The zero-order valence-corrected chi connectivity index (χ0v) is 10.2. The van der Waals surface area contributed by atoms with Gasteiger partial charge in [-0.3, -0.25) is 0 Å². The van der Waals surface area contributed by atoms with Crippen LogP contribution in [-0.2, 0) is 6.42 Å². The number of anilines is 1. The number of fused-ring (bicyclic) bond motifs is 1. The van der Waals surface area contributed by atoms with E-state index in [1.807, 2.05) is 18.3 Å². The fraction of sp³-hybridized carbons (Fsp3) is 0.143. The molecule has 4 heteroatoms. The molecule has 2 aromatic heterocycles. The van der Waals surface area contributed by atoms with E-state index in [9.17, 15) is 0 Å². The Balaban J connectivity index is 1.98. The SMILES string of the molecule is Cc1cccc(Cc2nc3c(N)cccn3n2)c1. The van der Waals surface area contributed by atoms with E-state index in [4.69, 9.17) is 5.73 Å². The molecule has 0 spiro atoms. The van der Waals surface area contributed by atoms with Crippen molar-refractivity contribution >= 4 is 11.3 Å². The Kier molecular flexibility index (Phi) is 2.48. The molecule has 0 aliphatic heterocycles. The van der Waals surface area contributed by atoms with Gasteiger partial charge in [0.1, 0.15) is 0 Å². The maximum atomic E-state index is 5.86. The molecule has 18 heavy (non-hydrogen) atoms. The van der Waals surface area contributed by atoms with Gasteiger partial charge in [-0.05, 0) is 24.6 Å². The highest BCUT2D eigenvalue weighted by Gasteiger charge is 2.06. The Labute approximate surface area is 105 Å². The van der Waals surface area contributed by atoms with E-state index in [0.29, 0.717) is 5.69 Å². The van der Waals surface area contributed by atoms with Crippen molar-refractivity contribution in [3.8, 4) is 0 Å². The first-order valence-electron chi connectivity index (χ1n) is 5.88. The Morgan fingerprint density at radius 3 is 2.89 bits per heavy atom. The third kappa shape index (κ3) is 1.93. The fourth-order valence-electron chi connectivity index (χ4n) is 2.05. The predicted molar refractivity (Wildman–Crippen MR) is 71.4 cm³/mol. The van der Waals surface area contributed by atoms with Crippen LogP contribution < -0.4 is 5.73 Å². The molecule has 0 saturated carbocycles. The molecule has 3 aromatic rings. The second kappa shape index (κ2) is 4.14. The van der Waals surface area contributed by atoms with Crippen LogP contribution in [0.15, 0.2) is 42.6 Å². The molecule has 0 aliphatic rings. The first-order valence-corrected chi connectivity index (χ1v) is 5.88. The minimum Gasteiger partial charge on any atom is -0.396 e. The first kappa shape index (κ1) is 10.8. The van der Waals surface area contributed by atoms with Gasteiger partial charge in [0.2, 0.25) is 0 Å². The average molecular weight is 238 g/mol. The zero-order chi connectivity index (χ0) is 12.5. The van der Waals surface area contributed by atoms with Gasteiger partial charge < -0.3 is 5.73 Å². The number of nitrogens with zero attached hydrogens (tertiary/aromatic N) is 3. The van der Waals surface area contributed by atoms with E-state index >= 15 is 0 Å². The average Bonchev–Trinajstić information content (AvgIpc) is 2.73. The van der Waals surface area contributed by atoms with Crippen molar-refractivity contribution in [1.82, 2.24) is 14.6 Å². The van der Waals surface area contributed by atoms with Crippen LogP contribution in [0, 0.1) is 6.92 Å². The standard InChI is InChI=1S/C14H14N4/c1-10-4-2-5-11(8-10)9-13-16-14-12(15)6-3-7-18(14)17-13/h2-8H,9,15H2,1H3. The number of aromatic nitrogens is 3. The molecule has 4 nitrogen and oxygen atoms in total. The summed E-state index contributed by atoms with van der Waals surface area (Å²) in [6.07, 6.45) is 2.58. The Hall–Kier alpha value is -2.36. The van der Waals surface area contributed by atoms with E-state index in [1.54, 1.807) is 4.52 Å². The molecule has 0 atom stereocenters. The number of nitrogen functional groups attached to an aromatic ring is 1. The monoisotopic (exact) mass is 238 g/mol. The Bertz CT molecular complexity index is 700. The van der Waals surface area contributed by atoms with Gasteiger partial charge in [0.05, 0.1) is 5.69 Å². The lowest BCUT2D eigenvalue weighted by molar-refractivity contribution is 0.900. The van der Waals surface area contributed by atoms with Gasteiger partial charge in [-0.1, -0.05) is 29.8 Å². The van der Waals surface area contributed by atoms with E-state index in [-0.39, 0.29) is 0 Å². The van der Waals surface area contributed by atoms with Crippen LogP contribution in [0.4, 0.5) is 5.69 Å². The van der Waals surface area contributed by atoms with Crippen LogP contribution in [0.1, 0.15) is 17.0 Å². The molecule has 2 N–H and O–H groups in total. The quantitative estimate of drug-likeness (QED) is 0.744. The first-order chi connectivity index (χ1) is 8.72. The number of rotatable bonds is 2. The minimum atomic E-state index is 0.653. The molecule has 0 aliphatic carbocycles. The van der Waals surface area contributed by atoms with Crippen LogP contribution in [0.25, 0.3) is 5.65 Å². The summed E-state index contributed by atoms with van der Waals surface area (Å²) in [6, 6.07) is 12.1. The van der Waals surface area contributed by atoms with Gasteiger partial charge in [-0.15, -0.1) is 0 Å². The molecule has 3 rings (SSSR count). The van der Waals surface area contributed by atoms with Crippen LogP contribution >= 0.6 is 0 Å². The van der Waals surface area contributed by atoms with E-state index < -0.39 is 0 Å². The minimum absolute atomic E-state index is 0.653. The van der Waals surface area contributed by atoms with Crippen LogP contribution in [0.2, 0.25) is 0 Å². The molecule has 0 unspecified atom stereocenters. The molecular formula is C14H14N4. The molecule has 2 heterocycles. The number of pyridine rings is 1. The lowest BCUT2D eigenvalue weighted by Crippen LogP contribution is -1.93. The van der Waals surface area contributed by atoms with Gasteiger partial charge in [0.15, 0.2) is 11.5 Å². The van der Waals surface area contributed by atoms with Crippen molar-refractivity contribution in [3.05, 3.63) is 59.5 Å². The van der Waals surface area contributed by atoms with Crippen LogP contribution in [0.5, 0.6) is 0 Å². The molecule has 0 fully saturated rings. The van der Waals surface area contributed by atoms with Gasteiger partial charge in [0.25, 0.3) is 0 Å². The molecular weight excluding hydrogens is 224 g/mol. The van der Waals surface area contributed by atoms with Crippen molar-refractivity contribution in [1.29, 1.82) is 0 Å². The van der Waals surface area contributed by atoms with Gasteiger partial charge in [0, 0.05) is 12.6 Å². The lowest BCUT2D eigenvalue weighted by Gasteiger charge is -1.98. The van der Waals surface area contributed by atoms with Gasteiger partial charge in [-0.2, -0.15) is 5.10 Å². The number of benzene rings is 1. The summed E-state index contributed by atoms with van der Waals surface area (Å²) in [6.45, 7) is 2.08. The highest BCUT2D eigenvalue weighted by atomic mass is 15.3. The smallest absolute Gasteiger partial charge is 0.178 e. The predicted octanol–water partition coefficient (Wildman–Crippen LogP) is 2.21. The zero-order valence-electron chi connectivity index (χ0n) is 10.2. The van der Waals surface area contributed by atoms with Gasteiger partial charge in [-0.25, -0.2) is 9.50 Å². The molecule has 90 valence electrons. The third-order valence-electron chi connectivity index (χ3n) is 2.88. The fourth-order valence-corrected chi connectivity index (χ4v) is 2.05. The van der Waals surface area contributed by atoms with Crippen molar-refractivity contribution in [2.75, 3.05) is 5.73 Å². The maximum Gasteiger partial charge on any atom is 0.178 e. The van der Waals surface area contributed by atoms with E-state index in [0.717, 1.165) is 17.9 Å². The second-order valence-electron chi connectivity index (χ2n) is 4.43. The van der Waals surface area contributed by atoms with Crippen molar-refractivity contribution < 1.29 is 0 Å². The maximum absolute atomic E-state index is 5.86. The van der Waals surface area contributed by atoms with E-state index in [2.05, 4.69) is 41.3 Å². The van der Waals surface area contributed by atoms with Crippen molar-refractivity contribution in [2.45, 2.75) is 13.3 Å². The number of hydrogen-bond acceptors (Lipinski definition) is 3. The number of hydrogen-bond donors (Lipinski definition) is 1. The highest BCUT2D eigenvalue weighted by molar-refractivity contribution is 5.63. The highest BCUT2D eigenvalue weighted by Crippen LogP contribution is 2.13. The summed E-state index contributed by atoms with van der Waals surface area (Å²) in [5, 5.41) is 4.42. The van der Waals surface area contributed by atoms with Crippen LogP contribution in [-0.4, -0.2) is 14.6 Å². The van der Waals surface area contributed by atoms with E-state index in [1.165, 1.54) is 11.1 Å².